The number of hydrogen-bond donors (Lipinski definition) is 1. The van der Waals surface area contributed by atoms with Crippen LogP contribution in [0.1, 0.15) is 73.1 Å². The number of fused-ring (bicyclic) bond motifs is 2. The van der Waals surface area contributed by atoms with Gasteiger partial charge in [0.1, 0.15) is 0 Å². The van der Waals surface area contributed by atoms with Crippen molar-refractivity contribution >= 4 is 34.8 Å². The van der Waals surface area contributed by atoms with Crippen LogP contribution in [-0.2, 0) is 17.3 Å². The van der Waals surface area contributed by atoms with E-state index in [-0.39, 0.29) is 23.2 Å². The molecule has 0 spiro atoms. The topological polar surface area (TPSA) is 40.5 Å². The summed E-state index contributed by atoms with van der Waals surface area (Å²) < 4.78 is 0. The van der Waals surface area contributed by atoms with Gasteiger partial charge in [-0.3, -0.25) is 0 Å². The molecule has 0 saturated carbocycles. The molecule has 1 aliphatic carbocycles. The fraction of sp³-hybridized carbons (Fsp3) is 0.324. The van der Waals surface area contributed by atoms with Gasteiger partial charge in [0, 0.05) is 19.8 Å². The van der Waals surface area contributed by atoms with Gasteiger partial charge in [-0.05, 0) is 105 Å². The first kappa shape index (κ1) is 27.7. The molecule has 198 valence electrons. The average molecular weight is 528 g/mol. The molecule has 0 heterocycles. The average Bonchev–Trinajstić information content (AvgIpc) is 2.86. The molecular formula is C34H38ClNO2. The van der Waals surface area contributed by atoms with Gasteiger partial charge in [0.15, 0.2) is 0 Å². The Morgan fingerprint density at radius 1 is 0.789 bits per heavy atom. The van der Waals surface area contributed by atoms with Gasteiger partial charge in [0.2, 0.25) is 0 Å². The molecular weight excluding hydrogens is 490 g/mol. The first-order valence-corrected chi connectivity index (χ1v) is 13.2. The first-order valence-electron chi connectivity index (χ1n) is 13.2. The van der Waals surface area contributed by atoms with E-state index in [4.69, 9.17) is 0 Å². The Morgan fingerprint density at radius 2 is 1.32 bits per heavy atom. The molecule has 0 atom stereocenters. The maximum Gasteiger partial charge on any atom is 0.335 e. The zero-order chi connectivity index (χ0) is 26.5. The summed E-state index contributed by atoms with van der Waals surface area (Å²) in [6.45, 7) is 9.48. The minimum absolute atomic E-state index is 0. The van der Waals surface area contributed by atoms with Crippen molar-refractivity contribution in [3.8, 4) is 11.1 Å². The van der Waals surface area contributed by atoms with E-state index in [9.17, 15) is 9.90 Å². The van der Waals surface area contributed by atoms with Crippen LogP contribution in [0.2, 0.25) is 0 Å². The van der Waals surface area contributed by atoms with Crippen LogP contribution in [0.25, 0.3) is 21.9 Å². The highest BCUT2D eigenvalue weighted by atomic mass is 35.5. The minimum atomic E-state index is -0.900. The molecule has 0 bridgehead atoms. The molecule has 0 radical (unpaired) electrons. The van der Waals surface area contributed by atoms with Crippen LogP contribution in [0.3, 0.4) is 0 Å². The van der Waals surface area contributed by atoms with E-state index in [1.807, 2.05) is 12.1 Å². The third kappa shape index (κ3) is 5.17. The number of rotatable bonds is 5. The largest absolute Gasteiger partial charge is 0.478 e. The minimum Gasteiger partial charge on any atom is -0.478 e. The highest BCUT2D eigenvalue weighted by molar-refractivity contribution is 5.92. The Balaban J connectivity index is 0.00000336. The van der Waals surface area contributed by atoms with E-state index >= 15 is 0 Å². The lowest BCUT2D eigenvalue weighted by atomic mass is 9.62. The number of hydrogen-bond acceptors (Lipinski definition) is 2. The van der Waals surface area contributed by atoms with Crippen LogP contribution in [-0.4, -0.2) is 25.2 Å². The highest BCUT2D eigenvalue weighted by Crippen LogP contribution is 2.47. The standard InChI is InChI=1S/C34H37NO2.ClH/c1-33(2)15-16-34(3,4)31-21-26-19-29(23-9-11-24(12-10-23)32(36)37)27(18-25(26)20-30(31)33)17-22-7-13-28(14-8-22)35(5)6;/h7-14,18-21H,15-17H2,1-6H3,(H,36,37);1H. The molecule has 5 rings (SSSR count). The van der Waals surface area contributed by atoms with Crippen LogP contribution >= 0.6 is 12.4 Å². The van der Waals surface area contributed by atoms with Crippen molar-refractivity contribution in [1.29, 1.82) is 0 Å². The van der Waals surface area contributed by atoms with E-state index < -0.39 is 5.97 Å². The zero-order valence-corrected chi connectivity index (χ0v) is 24.1. The molecule has 4 heteroatoms. The Bertz CT molecular complexity index is 1480. The number of carboxylic acids is 1. The molecule has 1 N–H and O–H groups in total. The molecule has 0 fully saturated rings. The molecule has 4 aromatic rings. The second kappa shape index (κ2) is 10.1. The lowest BCUT2D eigenvalue weighted by molar-refractivity contribution is 0.0697. The monoisotopic (exact) mass is 527 g/mol. The lowest BCUT2D eigenvalue weighted by Crippen LogP contribution is -2.33. The van der Waals surface area contributed by atoms with E-state index in [2.05, 4.69) is 95.2 Å². The van der Waals surface area contributed by atoms with Crippen LogP contribution < -0.4 is 4.90 Å². The highest BCUT2D eigenvalue weighted by Gasteiger charge is 2.37. The fourth-order valence-electron chi connectivity index (χ4n) is 5.75. The number of anilines is 1. The third-order valence-electron chi connectivity index (χ3n) is 8.32. The summed E-state index contributed by atoms with van der Waals surface area (Å²) >= 11 is 0. The van der Waals surface area contributed by atoms with E-state index in [0.29, 0.717) is 5.56 Å². The van der Waals surface area contributed by atoms with Gasteiger partial charge in [-0.25, -0.2) is 4.79 Å². The first-order chi connectivity index (χ1) is 17.4. The van der Waals surface area contributed by atoms with Crippen LogP contribution in [0.5, 0.6) is 0 Å². The molecule has 4 aromatic carbocycles. The zero-order valence-electron chi connectivity index (χ0n) is 23.3. The quantitative estimate of drug-likeness (QED) is 0.282. The van der Waals surface area contributed by atoms with E-state index in [1.165, 1.54) is 51.6 Å². The fourth-order valence-corrected chi connectivity index (χ4v) is 5.75. The molecule has 38 heavy (non-hydrogen) atoms. The van der Waals surface area contributed by atoms with Crippen LogP contribution in [0, 0.1) is 0 Å². The Morgan fingerprint density at radius 3 is 1.82 bits per heavy atom. The lowest BCUT2D eigenvalue weighted by Gasteiger charge is -2.42. The van der Waals surface area contributed by atoms with Crippen LogP contribution in [0.15, 0.2) is 72.8 Å². The van der Waals surface area contributed by atoms with Gasteiger partial charge < -0.3 is 10.0 Å². The molecule has 0 saturated heterocycles. The van der Waals surface area contributed by atoms with Crippen molar-refractivity contribution in [2.75, 3.05) is 19.0 Å². The summed E-state index contributed by atoms with van der Waals surface area (Å²) in [5, 5.41) is 11.9. The summed E-state index contributed by atoms with van der Waals surface area (Å²) in [6, 6.07) is 25.5. The molecule has 0 unspecified atom stereocenters. The van der Waals surface area contributed by atoms with Crippen LogP contribution in [0.4, 0.5) is 5.69 Å². The van der Waals surface area contributed by atoms with Crippen molar-refractivity contribution in [2.24, 2.45) is 0 Å². The normalized spacial score (nSPS) is 15.4. The molecule has 1 aliphatic rings. The maximum atomic E-state index is 11.5. The number of halogens is 1. The van der Waals surface area contributed by atoms with Gasteiger partial charge in [0.25, 0.3) is 0 Å². The summed E-state index contributed by atoms with van der Waals surface area (Å²) in [4.78, 5) is 13.6. The van der Waals surface area contributed by atoms with Gasteiger partial charge in [-0.2, -0.15) is 0 Å². The van der Waals surface area contributed by atoms with Gasteiger partial charge in [-0.1, -0.05) is 70.2 Å². The van der Waals surface area contributed by atoms with Crippen molar-refractivity contribution < 1.29 is 9.90 Å². The smallest absolute Gasteiger partial charge is 0.335 e. The Hall–Kier alpha value is -3.30. The SMILES string of the molecule is CN(C)c1ccc(Cc2cc3cc4c(cc3cc2-c2ccc(C(=O)O)cc2)C(C)(C)CCC4(C)C)cc1.Cl. The van der Waals surface area contributed by atoms with Gasteiger partial charge >= 0.3 is 5.97 Å². The molecule has 0 amide bonds. The summed E-state index contributed by atoms with van der Waals surface area (Å²) in [5.74, 6) is -0.900. The number of aromatic carboxylic acids is 1. The number of nitrogens with zero attached hydrogens (tertiary/aromatic N) is 1. The second-order valence-corrected chi connectivity index (χ2v) is 12.1. The molecule has 3 nitrogen and oxygen atoms in total. The predicted octanol–water partition coefficient (Wildman–Crippen LogP) is 8.63. The van der Waals surface area contributed by atoms with Crippen molar-refractivity contribution in [1.82, 2.24) is 0 Å². The summed E-state index contributed by atoms with van der Waals surface area (Å²) in [5.41, 5.74) is 9.44. The summed E-state index contributed by atoms with van der Waals surface area (Å²) in [7, 11) is 4.11. The predicted molar refractivity (Wildman–Crippen MR) is 162 cm³/mol. The Labute approximate surface area is 232 Å². The number of carbonyl (C=O) groups is 1. The maximum absolute atomic E-state index is 11.5. The molecule has 0 aliphatic heterocycles. The number of benzene rings is 4. The summed E-state index contributed by atoms with van der Waals surface area (Å²) in [6.07, 6.45) is 3.19. The van der Waals surface area contributed by atoms with E-state index in [0.717, 1.165) is 17.5 Å². The van der Waals surface area contributed by atoms with Gasteiger partial charge in [-0.15, -0.1) is 12.4 Å². The van der Waals surface area contributed by atoms with E-state index in [1.54, 1.807) is 12.1 Å². The second-order valence-electron chi connectivity index (χ2n) is 12.1. The van der Waals surface area contributed by atoms with Crippen molar-refractivity contribution in [3.63, 3.8) is 0 Å². The third-order valence-corrected chi connectivity index (χ3v) is 8.32. The number of carboxylic acid groups (broad SMARTS) is 1. The van der Waals surface area contributed by atoms with Crippen molar-refractivity contribution in [2.45, 2.75) is 57.8 Å². The Kier molecular flexibility index (Phi) is 7.38. The molecule has 0 aromatic heterocycles. The van der Waals surface area contributed by atoms with Gasteiger partial charge in [0.05, 0.1) is 5.56 Å². The van der Waals surface area contributed by atoms with Crippen molar-refractivity contribution in [3.05, 3.63) is 101 Å².